The molecule has 0 spiro atoms. The van der Waals surface area contributed by atoms with Crippen LogP contribution < -0.4 is 4.74 Å². The van der Waals surface area contributed by atoms with Crippen molar-refractivity contribution in [2.24, 2.45) is 0 Å². The topological polar surface area (TPSA) is 9.23 Å². The molecule has 1 aromatic carbocycles. The Morgan fingerprint density at radius 1 is 1.17 bits per heavy atom. The van der Waals surface area contributed by atoms with E-state index in [1.165, 1.54) is 5.56 Å². The standard InChI is InChI=1S/C10H13ClO/c1-7-4-8(2)10(12-6-11)9(3)5-7/h4-5H,6H2,1-3H3. The van der Waals surface area contributed by atoms with E-state index in [1.54, 1.807) is 0 Å². The Bertz CT molecular complexity index is 258. The minimum absolute atomic E-state index is 0.213. The van der Waals surface area contributed by atoms with Gasteiger partial charge in [-0.3, -0.25) is 0 Å². The van der Waals surface area contributed by atoms with Gasteiger partial charge in [-0.15, -0.1) is 0 Å². The third-order valence-electron chi connectivity index (χ3n) is 1.80. The van der Waals surface area contributed by atoms with E-state index in [2.05, 4.69) is 19.1 Å². The van der Waals surface area contributed by atoms with E-state index in [1.807, 2.05) is 13.8 Å². The highest BCUT2D eigenvalue weighted by Gasteiger charge is 2.03. The first-order valence-corrected chi connectivity index (χ1v) is 4.45. The minimum atomic E-state index is 0.213. The van der Waals surface area contributed by atoms with Gasteiger partial charge in [0, 0.05) is 0 Å². The zero-order chi connectivity index (χ0) is 9.14. The van der Waals surface area contributed by atoms with Gasteiger partial charge in [0.05, 0.1) is 0 Å². The predicted molar refractivity (Wildman–Crippen MR) is 52.0 cm³/mol. The average Bonchev–Trinajstić information content (AvgIpc) is 1.96. The van der Waals surface area contributed by atoms with Gasteiger partial charge in [-0.25, -0.2) is 0 Å². The molecule has 1 nitrogen and oxygen atoms in total. The van der Waals surface area contributed by atoms with Crippen LogP contribution >= 0.6 is 11.6 Å². The zero-order valence-corrected chi connectivity index (χ0v) is 8.40. The van der Waals surface area contributed by atoms with Crippen molar-refractivity contribution < 1.29 is 4.74 Å². The number of ether oxygens (including phenoxy) is 1. The summed E-state index contributed by atoms with van der Waals surface area (Å²) in [7, 11) is 0. The summed E-state index contributed by atoms with van der Waals surface area (Å²) in [6, 6.07) is 4.40. The van der Waals surface area contributed by atoms with E-state index in [0.29, 0.717) is 0 Å². The lowest BCUT2D eigenvalue weighted by Crippen LogP contribution is -1.95. The van der Waals surface area contributed by atoms with E-state index < -0.39 is 0 Å². The summed E-state index contributed by atoms with van der Waals surface area (Å²) < 4.78 is 5.29. The average molecular weight is 185 g/mol. The SMILES string of the molecule is Cc1cc(C)c(OCCl)c(C)c1. The Balaban J connectivity index is 3.10. The molecule has 0 heterocycles. The van der Waals surface area contributed by atoms with Crippen LogP contribution in [0.2, 0.25) is 0 Å². The van der Waals surface area contributed by atoms with Crippen LogP contribution in [0.5, 0.6) is 5.75 Å². The Morgan fingerprint density at radius 2 is 1.67 bits per heavy atom. The van der Waals surface area contributed by atoms with E-state index >= 15 is 0 Å². The lowest BCUT2D eigenvalue weighted by atomic mass is 10.1. The summed E-state index contributed by atoms with van der Waals surface area (Å²) in [6.45, 7) is 6.13. The number of halogens is 1. The summed E-state index contributed by atoms with van der Waals surface area (Å²) in [5.41, 5.74) is 3.55. The lowest BCUT2D eigenvalue weighted by molar-refractivity contribution is 0.382. The van der Waals surface area contributed by atoms with Gasteiger partial charge < -0.3 is 4.74 Å². The fourth-order valence-corrected chi connectivity index (χ4v) is 1.56. The van der Waals surface area contributed by atoms with Gasteiger partial charge in [-0.05, 0) is 31.9 Å². The van der Waals surface area contributed by atoms with Crippen LogP contribution in [0.25, 0.3) is 0 Å². The van der Waals surface area contributed by atoms with E-state index in [0.717, 1.165) is 16.9 Å². The predicted octanol–water partition coefficient (Wildman–Crippen LogP) is 3.19. The molecular weight excluding hydrogens is 172 g/mol. The second-order valence-corrected chi connectivity index (χ2v) is 3.20. The molecule has 0 atom stereocenters. The molecule has 0 aliphatic carbocycles. The quantitative estimate of drug-likeness (QED) is 0.642. The second kappa shape index (κ2) is 3.81. The van der Waals surface area contributed by atoms with Gasteiger partial charge in [0.1, 0.15) is 5.75 Å². The van der Waals surface area contributed by atoms with Gasteiger partial charge >= 0.3 is 0 Å². The molecule has 0 saturated heterocycles. The number of aryl methyl sites for hydroxylation is 3. The van der Waals surface area contributed by atoms with Crippen LogP contribution in [0, 0.1) is 20.8 Å². The molecular formula is C10H13ClO. The van der Waals surface area contributed by atoms with Gasteiger partial charge in [0.25, 0.3) is 0 Å². The summed E-state index contributed by atoms with van der Waals surface area (Å²) in [4.78, 5) is 0. The van der Waals surface area contributed by atoms with Crippen LogP contribution in [0.15, 0.2) is 12.1 Å². The molecule has 12 heavy (non-hydrogen) atoms. The van der Waals surface area contributed by atoms with Crippen LogP contribution in [-0.4, -0.2) is 6.07 Å². The fourth-order valence-electron chi connectivity index (χ4n) is 1.45. The van der Waals surface area contributed by atoms with Crippen molar-refractivity contribution in [1.82, 2.24) is 0 Å². The van der Waals surface area contributed by atoms with E-state index in [-0.39, 0.29) is 6.07 Å². The summed E-state index contributed by atoms with van der Waals surface area (Å²) >= 11 is 5.50. The maximum Gasteiger partial charge on any atom is 0.162 e. The molecule has 0 aromatic heterocycles. The van der Waals surface area contributed by atoms with Crippen LogP contribution in [0.1, 0.15) is 16.7 Å². The van der Waals surface area contributed by atoms with Gasteiger partial charge in [0.2, 0.25) is 0 Å². The van der Waals surface area contributed by atoms with Crippen molar-refractivity contribution >= 4 is 11.6 Å². The number of rotatable bonds is 2. The summed E-state index contributed by atoms with van der Waals surface area (Å²) in [5, 5.41) is 0. The van der Waals surface area contributed by atoms with Crippen LogP contribution in [-0.2, 0) is 0 Å². The van der Waals surface area contributed by atoms with Crippen LogP contribution in [0.4, 0.5) is 0 Å². The number of hydrogen-bond donors (Lipinski definition) is 0. The Kier molecular flexibility index (Phi) is 2.99. The largest absolute Gasteiger partial charge is 0.477 e. The maximum atomic E-state index is 5.50. The third-order valence-corrected chi connectivity index (χ3v) is 1.91. The molecule has 66 valence electrons. The lowest BCUT2D eigenvalue weighted by Gasteiger charge is -2.10. The van der Waals surface area contributed by atoms with Gasteiger partial charge in [-0.2, -0.15) is 0 Å². The molecule has 1 rings (SSSR count). The monoisotopic (exact) mass is 184 g/mol. The number of hydrogen-bond acceptors (Lipinski definition) is 1. The molecule has 0 amide bonds. The maximum absolute atomic E-state index is 5.50. The first-order valence-electron chi connectivity index (χ1n) is 3.91. The first kappa shape index (κ1) is 9.40. The highest BCUT2D eigenvalue weighted by Crippen LogP contribution is 2.24. The highest BCUT2D eigenvalue weighted by atomic mass is 35.5. The molecule has 1 aromatic rings. The Labute approximate surface area is 78.3 Å². The van der Waals surface area contributed by atoms with Crippen molar-refractivity contribution in [3.8, 4) is 5.75 Å². The molecule has 0 unspecified atom stereocenters. The first-order chi connectivity index (χ1) is 5.65. The second-order valence-electron chi connectivity index (χ2n) is 2.98. The zero-order valence-electron chi connectivity index (χ0n) is 7.65. The summed E-state index contributed by atoms with van der Waals surface area (Å²) in [5.74, 6) is 0.913. The van der Waals surface area contributed by atoms with Crippen molar-refractivity contribution in [2.75, 3.05) is 6.07 Å². The molecule has 0 N–H and O–H groups in total. The molecule has 0 aliphatic heterocycles. The minimum Gasteiger partial charge on any atom is -0.477 e. The highest BCUT2D eigenvalue weighted by molar-refractivity contribution is 6.17. The van der Waals surface area contributed by atoms with Crippen molar-refractivity contribution in [2.45, 2.75) is 20.8 Å². The van der Waals surface area contributed by atoms with E-state index in [9.17, 15) is 0 Å². The molecule has 0 saturated carbocycles. The number of benzene rings is 1. The molecule has 2 heteroatoms. The molecule has 0 bridgehead atoms. The summed E-state index contributed by atoms with van der Waals surface area (Å²) in [6.07, 6.45) is 0. The van der Waals surface area contributed by atoms with Gasteiger partial charge in [-0.1, -0.05) is 29.3 Å². The molecule has 0 fully saturated rings. The number of alkyl halides is 1. The van der Waals surface area contributed by atoms with E-state index in [4.69, 9.17) is 16.3 Å². The molecule has 0 aliphatic rings. The Hall–Kier alpha value is -0.690. The van der Waals surface area contributed by atoms with Crippen molar-refractivity contribution in [3.05, 3.63) is 28.8 Å². The molecule has 0 radical (unpaired) electrons. The van der Waals surface area contributed by atoms with Gasteiger partial charge in [0.15, 0.2) is 6.07 Å². The van der Waals surface area contributed by atoms with Crippen molar-refractivity contribution in [3.63, 3.8) is 0 Å². The normalized spacial score (nSPS) is 10.0. The van der Waals surface area contributed by atoms with Crippen molar-refractivity contribution in [1.29, 1.82) is 0 Å². The van der Waals surface area contributed by atoms with Crippen LogP contribution in [0.3, 0.4) is 0 Å². The third kappa shape index (κ3) is 1.92. The fraction of sp³-hybridized carbons (Fsp3) is 0.400. The smallest absolute Gasteiger partial charge is 0.162 e. The Morgan fingerprint density at radius 3 is 2.08 bits per heavy atom.